The predicted octanol–water partition coefficient (Wildman–Crippen LogP) is 3.48. The van der Waals surface area contributed by atoms with Crippen molar-refractivity contribution in [2.45, 2.75) is 161 Å². The Kier molecular flexibility index (Phi) is 10.4. The molecule has 5 atom stereocenters. The maximum Gasteiger partial charge on any atom is 0.316 e. The van der Waals surface area contributed by atoms with Gasteiger partial charge in [0.2, 0.25) is 23.5 Å². The molecule has 6 amide bonds. The molecule has 0 aromatic heterocycles. The van der Waals surface area contributed by atoms with Gasteiger partial charge >= 0.3 is 6.03 Å². The molecule has 3 spiro atoms. The van der Waals surface area contributed by atoms with Gasteiger partial charge in [-0.15, -0.1) is 0 Å². The zero-order chi connectivity index (χ0) is 39.7. The molecule has 55 heavy (non-hydrogen) atoms. The number of nitrogens with one attached hydrogen (secondary N) is 3. The van der Waals surface area contributed by atoms with Gasteiger partial charge in [0.1, 0.15) is 18.1 Å². The van der Waals surface area contributed by atoms with Gasteiger partial charge in [-0.1, -0.05) is 79.6 Å². The van der Waals surface area contributed by atoms with Crippen LogP contribution in [0.5, 0.6) is 0 Å². The number of urea groups is 1. The lowest BCUT2D eigenvalue weighted by Gasteiger charge is -2.43. The molecule has 1 unspecified atom stereocenters. The smallest absolute Gasteiger partial charge is 0.316 e. The monoisotopic (exact) mass is 766 g/mol. The second-order valence-corrected chi connectivity index (χ2v) is 20.3. The fourth-order valence-corrected chi connectivity index (χ4v) is 11.9. The Morgan fingerprint density at radius 1 is 0.782 bits per heavy atom. The summed E-state index contributed by atoms with van der Waals surface area (Å²) in [6.45, 7) is 12.6. The summed E-state index contributed by atoms with van der Waals surface area (Å²) in [5.41, 5.74) is 4.40. The second-order valence-electron chi connectivity index (χ2n) is 20.3. The molecule has 7 aliphatic rings. The minimum absolute atomic E-state index is 0.0175. The van der Waals surface area contributed by atoms with Crippen molar-refractivity contribution in [2.24, 2.45) is 39.2 Å². The number of nitrogens with two attached hydrogens (primary N) is 1. The number of likely N-dealkylation sites (tertiary alicyclic amines) is 1. The third kappa shape index (κ3) is 6.85. The molecule has 5 aliphatic carbocycles. The van der Waals surface area contributed by atoms with Crippen LogP contribution in [0, 0.1) is 33.5 Å². The van der Waals surface area contributed by atoms with Crippen molar-refractivity contribution in [2.75, 3.05) is 33.2 Å². The van der Waals surface area contributed by atoms with E-state index in [9.17, 15) is 24.0 Å². The third-order valence-electron chi connectivity index (χ3n) is 16.3. The first-order valence-corrected chi connectivity index (χ1v) is 21.4. The van der Waals surface area contributed by atoms with E-state index >= 15 is 4.79 Å². The largest absolute Gasteiger partial charge is 0.363 e. The Hall–Kier alpha value is -3.22. The predicted molar refractivity (Wildman–Crippen MR) is 207 cm³/mol. The average Bonchev–Trinajstić information content (AvgIpc) is 3.88. The van der Waals surface area contributed by atoms with Gasteiger partial charge < -0.3 is 31.5 Å². The molecule has 5 N–H and O–H groups in total. The molecule has 306 valence electrons. The molecule has 0 bridgehead atoms. The number of rotatable bonds is 11. The summed E-state index contributed by atoms with van der Waals surface area (Å²) in [4.78, 5) is 88.9. The molecular weight excluding hydrogens is 699 g/mol. The maximum absolute atomic E-state index is 15.0. The summed E-state index contributed by atoms with van der Waals surface area (Å²) in [5.74, 6) is -2.50. The van der Waals surface area contributed by atoms with Gasteiger partial charge in [0.15, 0.2) is 0 Å². The van der Waals surface area contributed by atoms with Gasteiger partial charge in [-0.05, 0) is 86.5 Å². The highest BCUT2D eigenvalue weighted by Crippen LogP contribution is 2.88. The van der Waals surface area contributed by atoms with Gasteiger partial charge in [0, 0.05) is 37.1 Å². The van der Waals surface area contributed by atoms with Crippen LogP contribution in [-0.2, 0) is 24.0 Å². The summed E-state index contributed by atoms with van der Waals surface area (Å²) in [6.07, 6.45) is 13.9. The number of ketones is 1. The van der Waals surface area contributed by atoms with E-state index in [4.69, 9.17) is 5.73 Å². The molecule has 2 heterocycles. The zero-order valence-electron chi connectivity index (χ0n) is 34.3. The number of amides is 6. The van der Waals surface area contributed by atoms with Crippen LogP contribution >= 0.6 is 0 Å². The van der Waals surface area contributed by atoms with E-state index < -0.39 is 53.2 Å². The number of Topliss-reactive ketones (excluding diaryl/α,β-unsaturated/α-hetero) is 1. The summed E-state index contributed by atoms with van der Waals surface area (Å²) in [7, 11) is 2.13. The van der Waals surface area contributed by atoms with Crippen LogP contribution in [0.2, 0.25) is 0 Å². The second kappa shape index (κ2) is 14.3. The van der Waals surface area contributed by atoms with Crippen LogP contribution in [0.3, 0.4) is 0 Å². The molecule has 0 radical (unpaired) electrons. The Bertz CT molecular complexity index is 1570. The summed E-state index contributed by atoms with van der Waals surface area (Å²) in [6, 6.07) is -4.17. The zero-order valence-corrected chi connectivity index (χ0v) is 34.3. The molecule has 7 fully saturated rings. The first-order chi connectivity index (χ1) is 25.9. The molecule has 5 saturated carbocycles. The van der Waals surface area contributed by atoms with E-state index in [2.05, 4.69) is 41.7 Å². The number of hydrogen-bond donors (Lipinski definition) is 4. The van der Waals surface area contributed by atoms with Crippen molar-refractivity contribution < 1.29 is 28.8 Å². The van der Waals surface area contributed by atoms with E-state index in [0.29, 0.717) is 32.5 Å². The lowest BCUT2D eigenvalue weighted by atomic mass is 9.73. The SMILES string of the molecule is CN1CCN(C(=O)[C@@H](NC(=O)N[C@H](C(=O)N2C[C@]3(C[C@H]2C(=O)NC(CC2CCC2)C(=O)C(N)=O)C(C)(C)C32CCC2)C(C)(C)C)C2CCCCC2)CC12CC2. The number of piperazine rings is 1. The standard InChI is InChI=1S/C42H67N7O6/c1-38(2,3)32(46-37(55)45-30(27-14-8-7-9-15-27)35(53)48-21-20-47(6)40(24-48)18-19-40)36(54)49-25-42(39(4,5)41(42)16-11-17-41)23-29(49)34(52)44-28(31(50)33(43)51)22-26-12-10-13-26/h26-30,32H,7-25H2,1-6H3,(H2,43,51)(H,44,52)(H2,45,46,55)/t28?,29-,30-,32+,42+/m0/s1. The molecule has 2 saturated heterocycles. The number of fused-ring (bicyclic) bond motifs is 1. The fourth-order valence-electron chi connectivity index (χ4n) is 11.9. The van der Waals surface area contributed by atoms with Crippen molar-refractivity contribution in [3.8, 4) is 0 Å². The van der Waals surface area contributed by atoms with Crippen molar-refractivity contribution in [3.05, 3.63) is 0 Å². The van der Waals surface area contributed by atoms with Crippen LogP contribution < -0.4 is 21.7 Å². The van der Waals surface area contributed by atoms with E-state index in [1.807, 2.05) is 25.7 Å². The minimum atomic E-state index is -1.08. The van der Waals surface area contributed by atoms with Crippen molar-refractivity contribution >= 4 is 35.4 Å². The fraction of sp³-hybridized carbons (Fsp3) is 0.857. The number of hydrogen-bond acceptors (Lipinski definition) is 7. The number of carbonyl (C=O) groups excluding carboxylic acids is 6. The molecule has 2 aliphatic heterocycles. The lowest BCUT2D eigenvalue weighted by Crippen LogP contribution is -2.63. The third-order valence-corrected chi connectivity index (χ3v) is 16.3. The molecule has 0 aromatic rings. The lowest BCUT2D eigenvalue weighted by molar-refractivity contribution is -0.143. The number of nitrogens with zero attached hydrogens (tertiary/aromatic N) is 3. The van der Waals surface area contributed by atoms with E-state index in [1.54, 1.807) is 4.90 Å². The number of carbonyl (C=O) groups is 6. The number of primary amides is 1. The van der Waals surface area contributed by atoms with E-state index in [-0.39, 0.29) is 45.4 Å². The van der Waals surface area contributed by atoms with Crippen molar-refractivity contribution in [1.82, 2.24) is 30.7 Å². The topological polar surface area (TPSA) is 174 Å². The number of likely N-dealkylation sites (N-methyl/N-ethyl adjacent to an activating group) is 1. The van der Waals surface area contributed by atoms with Gasteiger partial charge in [-0.3, -0.25) is 28.9 Å². The van der Waals surface area contributed by atoms with Crippen LogP contribution in [0.15, 0.2) is 0 Å². The molecule has 0 aromatic carbocycles. The first-order valence-electron chi connectivity index (χ1n) is 21.4. The summed E-state index contributed by atoms with van der Waals surface area (Å²) >= 11 is 0. The minimum Gasteiger partial charge on any atom is -0.363 e. The van der Waals surface area contributed by atoms with Crippen molar-refractivity contribution in [3.63, 3.8) is 0 Å². The highest BCUT2D eigenvalue weighted by Gasteiger charge is 2.85. The van der Waals surface area contributed by atoms with Gasteiger partial charge in [0.05, 0.1) is 6.04 Å². The molecular formula is C42H67N7O6. The summed E-state index contributed by atoms with van der Waals surface area (Å²) < 4.78 is 0. The van der Waals surface area contributed by atoms with Gasteiger partial charge in [-0.25, -0.2) is 4.79 Å². The highest BCUT2D eigenvalue weighted by atomic mass is 16.2. The van der Waals surface area contributed by atoms with Crippen molar-refractivity contribution in [1.29, 1.82) is 0 Å². The van der Waals surface area contributed by atoms with Crippen LogP contribution in [0.1, 0.15) is 131 Å². The Labute approximate surface area is 327 Å². The van der Waals surface area contributed by atoms with Crippen LogP contribution in [-0.4, -0.2) is 113 Å². The Morgan fingerprint density at radius 2 is 1.45 bits per heavy atom. The van der Waals surface area contributed by atoms with Gasteiger partial charge in [0.25, 0.3) is 5.91 Å². The first kappa shape index (κ1) is 40.0. The normalized spacial score (nSPS) is 29.8. The highest BCUT2D eigenvalue weighted by molar-refractivity contribution is 6.37. The van der Waals surface area contributed by atoms with Crippen LogP contribution in [0.4, 0.5) is 4.79 Å². The Balaban J connectivity index is 1.12. The summed E-state index contributed by atoms with van der Waals surface area (Å²) in [5, 5.41) is 9.00. The van der Waals surface area contributed by atoms with Crippen LogP contribution in [0.25, 0.3) is 0 Å². The molecule has 13 nitrogen and oxygen atoms in total. The van der Waals surface area contributed by atoms with E-state index in [0.717, 1.165) is 90.0 Å². The molecule has 7 rings (SSSR count). The quantitative estimate of drug-likeness (QED) is 0.233. The maximum atomic E-state index is 15.0. The molecule has 13 heteroatoms. The van der Waals surface area contributed by atoms with Gasteiger partial charge in [-0.2, -0.15) is 0 Å². The van der Waals surface area contributed by atoms with E-state index in [1.165, 1.54) is 0 Å². The average molecular weight is 766 g/mol. The Morgan fingerprint density at radius 3 is 1.98 bits per heavy atom.